The molecule has 2 aliphatic heterocycles. The van der Waals surface area contributed by atoms with Crippen molar-refractivity contribution in [3.8, 4) is 17.5 Å². The Balaban J connectivity index is 1.37. The van der Waals surface area contributed by atoms with Gasteiger partial charge in [0.05, 0.1) is 12.3 Å². The van der Waals surface area contributed by atoms with E-state index in [-0.39, 0.29) is 6.04 Å². The van der Waals surface area contributed by atoms with Gasteiger partial charge < -0.3 is 14.2 Å². The predicted molar refractivity (Wildman–Crippen MR) is 105 cm³/mol. The van der Waals surface area contributed by atoms with Gasteiger partial charge in [-0.1, -0.05) is 0 Å². The highest BCUT2D eigenvalue weighted by molar-refractivity contribution is 5.36. The first-order valence-electron chi connectivity index (χ1n) is 10.0. The second-order valence-corrected chi connectivity index (χ2v) is 7.62. The fraction of sp³-hybridized carbons (Fsp3) is 0.571. The van der Waals surface area contributed by atoms with Crippen LogP contribution >= 0.6 is 0 Å². The van der Waals surface area contributed by atoms with Gasteiger partial charge in [0.15, 0.2) is 5.75 Å². The zero-order valence-corrected chi connectivity index (χ0v) is 16.9. The van der Waals surface area contributed by atoms with Crippen molar-refractivity contribution < 1.29 is 14.2 Å². The Morgan fingerprint density at radius 2 is 2.04 bits per heavy atom. The molecule has 0 aliphatic carbocycles. The summed E-state index contributed by atoms with van der Waals surface area (Å²) < 4.78 is 17.2. The van der Waals surface area contributed by atoms with Gasteiger partial charge in [0.1, 0.15) is 19.0 Å². The minimum absolute atomic E-state index is 0.224. The number of hydrogen-bond donors (Lipinski definition) is 0. The molecule has 0 saturated carbocycles. The maximum absolute atomic E-state index is 5.99. The van der Waals surface area contributed by atoms with Crippen molar-refractivity contribution in [2.45, 2.75) is 39.7 Å². The molecule has 1 saturated heterocycles. The third-order valence-electron chi connectivity index (χ3n) is 5.36. The molecule has 0 N–H and O–H groups in total. The highest BCUT2D eigenvalue weighted by atomic mass is 16.6. The Bertz CT molecular complexity index is 809. The van der Waals surface area contributed by atoms with Crippen molar-refractivity contribution in [3.63, 3.8) is 0 Å². The molecule has 7 heteroatoms. The Hall–Kier alpha value is -2.41. The molecule has 2 aliphatic rings. The molecular weight excluding hydrogens is 356 g/mol. The van der Waals surface area contributed by atoms with Crippen molar-refractivity contribution in [3.05, 3.63) is 35.4 Å². The second-order valence-electron chi connectivity index (χ2n) is 7.62. The predicted octanol–water partition coefficient (Wildman–Crippen LogP) is 3.11. The summed E-state index contributed by atoms with van der Waals surface area (Å²) >= 11 is 0. The van der Waals surface area contributed by atoms with E-state index in [2.05, 4.69) is 26.8 Å². The minimum Gasteiger partial charge on any atom is -0.484 e. The van der Waals surface area contributed by atoms with Gasteiger partial charge >= 0.3 is 0 Å². The van der Waals surface area contributed by atoms with Gasteiger partial charge in [0, 0.05) is 30.3 Å². The number of rotatable bonds is 5. The van der Waals surface area contributed by atoms with E-state index in [1.807, 2.05) is 32.0 Å². The van der Waals surface area contributed by atoms with Crippen molar-refractivity contribution in [1.82, 2.24) is 19.9 Å². The Morgan fingerprint density at radius 1 is 1.18 bits per heavy atom. The molecule has 0 bridgehead atoms. The molecule has 1 unspecified atom stereocenters. The summed E-state index contributed by atoms with van der Waals surface area (Å²) in [6.07, 6.45) is 2.32. The summed E-state index contributed by atoms with van der Waals surface area (Å²) in [7, 11) is 0. The second kappa shape index (κ2) is 8.31. The molecule has 0 aromatic carbocycles. The number of aryl methyl sites for hydroxylation is 2. The maximum Gasteiger partial charge on any atom is 0.257 e. The number of pyridine rings is 1. The molecule has 2 aromatic rings. The van der Waals surface area contributed by atoms with Gasteiger partial charge in [-0.05, 0) is 52.3 Å². The normalized spacial score (nSPS) is 20.6. The number of fused-ring (bicyclic) bond motifs is 1. The van der Waals surface area contributed by atoms with Crippen LogP contribution in [0.15, 0.2) is 18.2 Å². The van der Waals surface area contributed by atoms with Crippen LogP contribution in [0.4, 0.5) is 0 Å². The largest absolute Gasteiger partial charge is 0.484 e. The van der Waals surface area contributed by atoms with E-state index in [0.29, 0.717) is 37.5 Å². The van der Waals surface area contributed by atoms with Crippen LogP contribution in [-0.2, 0) is 0 Å². The van der Waals surface area contributed by atoms with E-state index >= 15 is 0 Å². The smallest absolute Gasteiger partial charge is 0.257 e. The average molecular weight is 384 g/mol. The molecule has 1 fully saturated rings. The van der Waals surface area contributed by atoms with Gasteiger partial charge in [-0.3, -0.25) is 4.90 Å². The molecule has 0 spiro atoms. The van der Waals surface area contributed by atoms with Gasteiger partial charge in [-0.2, -0.15) is 4.98 Å². The van der Waals surface area contributed by atoms with Crippen molar-refractivity contribution >= 4 is 0 Å². The average Bonchev–Trinajstić information content (AvgIpc) is 2.71. The summed E-state index contributed by atoms with van der Waals surface area (Å²) in [6, 6.07) is 6.14. The molecule has 2 atom stereocenters. The summed E-state index contributed by atoms with van der Waals surface area (Å²) in [5.41, 5.74) is 1.96. The fourth-order valence-electron chi connectivity index (χ4n) is 3.91. The van der Waals surface area contributed by atoms with E-state index in [1.165, 1.54) is 6.42 Å². The Kier molecular flexibility index (Phi) is 5.62. The highest BCUT2D eigenvalue weighted by Crippen LogP contribution is 2.32. The SMILES string of the molecule is Cc1cc(OCC2CCCN([C@@H](C)c3ccc4c(n3)OCCO4)C2)nc(C)n1. The summed E-state index contributed by atoms with van der Waals surface area (Å²) in [5, 5.41) is 0. The lowest BCUT2D eigenvalue weighted by Crippen LogP contribution is -2.39. The summed E-state index contributed by atoms with van der Waals surface area (Å²) in [4.78, 5) is 15.8. The lowest BCUT2D eigenvalue weighted by atomic mass is 9.97. The molecule has 4 rings (SSSR count). The van der Waals surface area contributed by atoms with Gasteiger partial charge in [-0.15, -0.1) is 0 Å². The van der Waals surface area contributed by atoms with Crippen molar-refractivity contribution in [1.29, 1.82) is 0 Å². The molecule has 150 valence electrons. The van der Waals surface area contributed by atoms with E-state index in [1.54, 1.807) is 0 Å². The van der Waals surface area contributed by atoms with E-state index in [9.17, 15) is 0 Å². The van der Waals surface area contributed by atoms with Crippen LogP contribution in [0.25, 0.3) is 0 Å². The zero-order chi connectivity index (χ0) is 19.5. The van der Waals surface area contributed by atoms with Gasteiger partial charge in [0.25, 0.3) is 5.88 Å². The molecule has 7 nitrogen and oxygen atoms in total. The first kappa shape index (κ1) is 18.9. The van der Waals surface area contributed by atoms with Crippen LogP contribution in [-0.4, -0.2) is 52.8 Å². The molecule has 28 heavy (non-hydrogen) atoms. The fourth-order valence-corrected chi connectivity index (χ4v) is 3.91. The number of ether oxygens (including phenoxy) is 3. The van der Waals surface area contributed by atoms with Gasteiger partial charge in [0.2, 0.25) is 5.88 Å². The van der Waals surface area contributed by atoms with Crippen LogP contribution in [0, 0.1) is 19.8 Å². The number of likely N-dealkylation sites (tertiary alicyclic amines) is 1. The van der Waals surface area contributed by atoms with Crippen LogP contribution in [0.5, 0.6) is 17.5 Å². The van der Waals surface area contributed by atoms with Gasteiger partial charge in [-0.25, -0.2) is 9.97 Å². The number of aromatic nitrogens is 3. The van der Waals surface area contributed by atoms with Crippen molar-refractivity contribution in [2.75, 3.05) is 32.9 Å². The third-order valence-corrected chi connectivity index (χ3v) is 5.36. The van der Waals surface area contributed by atoms with Crippen LogP contribution < -0.4 is 14.2 Å². The minimum atomic E-state index is 0.224. The number of hydrogen-bond acceptors (Lipinski definition) is 7. The highest BCUT2D eigenvalue weighted by Gasteiger charge is 2.26. The molecule has 0 radical (unpaired) electrons. The molecular formula is C21H28N4O3. The zero-order valence-electron chi connectivity index (χ0n) is 16.9. The monoisotopic (exact) mass is 384 g/mol. The lowest BCUT2D eigenvalue weighted by molar-refractivity contribution is 0.0966. The third kappa shape index (κ3) is 4.35. The lowest BCUT2D eigenvalue weighted by Gasteiger charge is -2.36. The van der Waals surface area contributed by atoms with Crippen LogP contribution in [0.1, 0.15) is 43.0 Å². The molecule has 2 aromatic heterocycles. The number of nitrogens with zero attached hydrogens (tertiary/aromatic N) is 4. The van der Waals surface area contributed by atoms with Crippen molar-refractivity contribution in [2.24, 2.45) is 5.92 Å². The van der Waals surface area contributed by atoms with E-state index in [4.69, 9.17) is 14.2 Å². The summed E-state index contributed by atoms with van der Waals surface area (Å²) in [5.74, 6) is 3.25. The quantitative estimate of drug-likeness (QED) is 0.784. The number of piperidine rings is 1. The maximum atomic E-state index is 5.99. The van der Waals surface area contributed by atoms with Crippen LogP contribution in [0.2, 0.25) is 0 Å². The van der Waals surface area contributed by atoms with E-state index < -0.39 is 0 Å². The molecule has 4 heterocycles. The van der Waals surface area contributed by atoms with E-state index in [0.717, 1.165) is 42.5 Å². The first-order chi connectivity index (χ1) is 13.6. The van der Waals surface area contributed by atoms with Crippen LogP contribution in [0.3, 0.4) is 0 Å². The first-order valence-corrected chi connectivity index (χ1v) is 10.0. The Morgan fingerprint density at radius 3 is 2.89 bits per heavy atom. The standard InChI is InChI=1S/C21H28N4O3/c1-14-11-20(23-16(3)22-14)28-13-17-5-4-8-25(12-17)15(2)18-6-7-19-21(24-18)27-10-9-26-19/h6-7,11,15,17H,4-5,8-10,12-13H2,1-3H3/t15-,17?/m0/s1. The topological polar surface area (TPSA) is 69.6 Å². The molecule has 0 amide bonds. The summed E-state index contributed by atoms with van der Waals surface area (Å²) in [6.45, 7) is 9.94. The Labute approximate surface area is 166 Å².